The lowest BCUT2D eigenvalue weighted by molar-refractivity contribution is 0.534. The van der Waals surface area contributed by atoms with Crippen molar-refractivity contribution in [2.75, 3.05) is 11.9 Å². The molecule has 0 radical (unpaired) electrons. The molecule has 0 amide bonds. The average molecular weight is 280 g/mol. The van der Waals surface area contributed by atoms with E-state index in [9.17, 15) is 4.79 Å². The van der Waals surface area contributed by atoms with E-state index >= 15 is 0 Å². The molecular formula is C16H16N4O. The predicted octanol–water partition coefficient (Wildman–Crippen LogP) is 2.29. The number of nitrogens with one attached hydrogen (secondary N) is 1. The highest BCUT2D eigenvalue weighted by molar-refractivity contribution is 5.76. The fourth-order valence-electron chi connectivity index (χ4n) is 2.19. The van der Waals surface area contributed by atoms with Crippen molar-refractivity contribution in [3.63, 3.8) is 0 Å². The van der Waals surface area contributed by atoms with Crippen molar-refractivity contribution in [2.24, 2.45) is 0 Å². The lowest BCUT2D eigenvalue weighted by atomic mass is 10.2. The summed E-state index contributed by atoms with van der Waals surface area (Å²) in [7, 11) is 0. The van der Waals surface area contributed by atoms with Crippen LogP contribution in [0.2, 0.25) is 0 Å². The maximum Gasteiger partial charge on any atom is 0.277 e. The third-order valence-electron chi connectivity index (χ3n) is 3.28. The molecule has 0 unspecified atom stereocenters. The Bertz CT molecular complexity index is 783. The quantitative estimate of drug-likeness (QED) is 0.728. The highest BCUT2D eigenvalue weighted by Gasteiger charge is 2.04. The van der Waals surface area contributed by atoms with E-state index in [1.807, 2.05) is 42.5 Å². The number of rotatable bonds is 5. The van der Waals surface area contributed by atoms with E-state index in [0.29, 0.717) is 17.4 Å². The maximum absolute atomic E-state index is 12.2. The molecule has 1 aromatic heterocycles. The molecule has 0 saturated heterocycles. The minimum Gasteiger partial charge on any atom is -0.385 e. The van der Waals surface area contributed by atoms with Gasteiger partial charge in [-0.3, -0.25) is 4.79 Å². The molecule has 0 aliphatic rings. The van der Waals surface area contributed by atoms with Crippen LogP contribution in [-0.2, 0) is 6.54 Å². The molecule has 5 nitrogen and oxygen atoms in total. The van der Waals surface area contributed by atoms with Crippen LogP contribution in [0.25, 0.3) is 10.9 Å². The van der Waals surface area contributed by atoms with Gasteiger partial charge in [0.05, 0.1) is 5.39 Å². The molecule has 1 heterocycles. The molecule has 106 valence electrons. The van der Waals surface area contributed by atoms with Crippen LogP contribution in [0.1, 0.15) is 6.42 Å². The minimum atomic E-state index is -0.0830. The van der Waals surface area contributed by atoms with E-state index in [-0.39, 0.29) is 5.56 Å². The van der Waals surface area contributed by atoms with E-state index in [4.69, 9.17) is 0 Å². The van der Waals surface area contributed by atoms with Gasteiger partial charge in [-0.1, -0.05) is 35.5 Å². The third-order valence-corrected chi connectivity index (χ3v) is 3.28. The first-order valence-corrected chi connectivity index (χ1v) is 6.96. The predicted molar refractivity (Wildman–Crippen MR) is 83.3 cm³/mol. The Balaban J connectivity index is 1.63. The van der Waals surface area contributed by atoms with Gasteiger partial charge in [0, 0.05) is 18.8 Å². The lowest BCUT2D eigenvalue weighted by Gasteiger charge is -2.07. The van der Waals surface area contributed by atoms with Gasteiger partial charge in [-0.15, -0.1) is 5.10 Å². The molecule has 3 rings (SSSR count). The summed E-state index contributed by atoms with van der Waals surface area (Å²) in [5.74, 6) is 0. The molecule has 0 bridgehead atoms. The molecule has 0 saturated carbocycles. The van der Waals surface area contributed by atoms with Crippen LogP contribution < -0.4 is 10.9 Å². The first-order valence-electron chi connectivity index (χ1n) is 6.96. The van der Waals surface area contributed by atoms with Gasteiger partial charge in [0.2, 0.25) is 0 Å². The zero-order chi connectivity index (χ0) is 14.5. The van der Waals surface area contributed by atoms with Crippen LogP contribution >= 0.6 is 0 Å². The van der Waals surface area contributed by atoms with Crippen molar-refractivity contribution in [1.29, 1.82) is 0 Å². The Hall–Kier alpha value is -2.69. The number of nitrogens with zero attached hydrogens (tertiary/aromatic N) is 3. The highest BCUT2D eigenvalue weighted by Crippen LogP contribution is 2.05. The van der Waals surface area contributed by atoms with Crippen LogP contribution in [0, 0.1) is 0 Å². The summed E-state index contributed by atoms with van der Waals surface area (Å²) < 4.78 is 1.43. The fraction of sp³-hybridized carbons (Fsp3) is 0.188. The number of para-hydroxylation sites is 1. The zero-order valence-electron chi connectivity index (χ0n) is 11.6. The second-order valence-electron chi connectivity index (χ2n) is 4.78. The summed E-state index contributed by atoms with van der Waals surface area (Å²) in [5.41, 5.74) is 1.64. The number of aromatic nitrogens is 3. The van der Waals surface area contributed by atoms with Crippen LogP contribution in [0.4, 0.5) is 5.69 Å². The van der Waals surface area contributed by atoms with Crippen molar-refractivity contribution in [1.82, 2.24) is 15.0 Å². The summed E-state index contributed by atoms with van der Waals surface area (Å²) in [5, 5.41) is 12.0. The normalized spacial score (nSPS) is 10.7. The molecule has 0 spiro atoms. The summed E-state index contributed by atoms with van der Waals surface area (Å²) in [6.45, 7) is 1.33. The van der Waals surface area contributed by atoms with Crippen molar-refractivity contribution in [3.05, 3.63) is 65.0 Å². The lowest BCUT2D eigenvalue weighted by Crippen LogP contribution is -2.25. The van der Waals surface area contributed by atoms with Gasteiger partial charge in [0.15, 0.2) is 0 Å². The molecule has 5 heteroatoms. The van der Waals surface area contributed by atoms with Crippen molar-refractivity contribution in [2.45, 2.75) is 13.0 Å². The Labute approximate surface area is 122 Å². The SMILES string of the molecule is O=c1c2ccccc2nnn1CCCNc1ccccc1. The van der Waals surface area contributed by atoms with Gasteiger partial charge in [-0.05, 0) is 30.7 Å². The third kappa shape index (κ3) is 3.08. The second kappa shape index (κ2) is 6.17. The van der Waals surface area contributed by atoms with Crippen molar-refractivity contribution >= 4 is 16.6 Å². The average Bonchev–Trinajstić information content (AvgIpc) is 2.55. The maximum atomic E-state index is 12.2. The molecular weight excluding hydrogens is 264 g/mol. The standard InChI is InChI=1S/C16H16N4O/c21-16-14-9-4-5-10-15(14)18-19-20(16)12-6-11-17-13-7-2-1-3-8-13/h1-5,7-10,17H,6,11-12H2. The van der Waals surface area contributed by atoms with E-state index in [1.54, 1.807) is 12.1 Å². The van der Waals surface area contributed by atoms with Crippen molar-refractivity contribution < 1.29 is 0 Å². The van der Waals surface area contributed by atoms with E-state index < -0.39 is 0 Å². The van der Waals surface area contributed by atoms with Crippen molar-refractivity contribution in [3.8, 4) is 0 Å². The Morgan fingerprint density at radius 1 is 1.00 bits per heavy atom. The topological polar surface area (TPSA) is 59.8 Å². The molecule has 0 aliphatic carbocycles. The van der Waals surface area contributed by atoms with E-state index in [1.165, 1.54) is 4.68 Å². The molecule has 3 aromatic rings. The minimum absolute atomic E-state index is 0.0830. The van der Waals surface area contributed by atoms with Crippen LogP contribution in [0.3, 0.4) is 0 Å². The number of hydrogen-bond donors (Lipinski definition) is 1. The highest BCUT2D eigenvalue weighted by atomic mass is 16.1. The molecule has 1 N–H and O–H groups in total. The van der Waals surface area contributed by atoms with Gasteiger partial charge in [-0.25, -0.2) is 4.68 Å². The van der Waals surface area contributed by atoms with Gasteiger partial charge >= 0.3 is 0 Å². The summed E-state index contributed by atoms with van der Waals surface area (Å²) in [6, 6.07) is 17.3. The number of benzene rings is 2. The van der Waals surface area contributed by atoms with Gasteiger partial charge < -0.3 is 5.32 Å². The number of aryl methyl sites for hydroxylation is 1. The molecule has 0 atom stereocenters. The zero-order valence-corrected chi connectivity index (χ0v) is 11.6. The summed E-state index contributed by atoms with van der Waals surface area (Å²) in [6.07, 6.45) is 0.807. The number of fused-ring (bicyclic) bond motifs is 1. The van der Waals surface area contributed by atoms with E-state index in [2.05, 4.69) is 15.6 Å². The molecule has 2 aromatic carbocycles. The van der Waals surface area contributed by atoms with Gasteiger partial charge in [-0.2, -0.15) is 0 Å². The molecule has 0 aliphatic heterocycles. The Kier molecular flexibility index (Phi) is 3.91. The Morgan fingerprint density at radius 2 is 1.76 bits per heavy atom. The molecule has 0 fully saturated rings. The largest absolute Gasteiger partial charge is 0.385 e. The monoisotopic (exact) mass is 280 g/mol. The first-order chi connectivity index (χ1) is 10.3. The number of hydrogen-bond acceptors (Lipinski definition) is 4. The Morgan fingerprint density at radius 3 is 2.62 bits per heavy atom. The number of anilines is 1. The smallest absolute Gasteiger partial charge is 0.277 e. The molecule has 21 heavy (non-hydrogen) atoms. The van der Waals surface area contributed by atoms with Crippen LogP contribution in [0.15, 0.2) is 59.4 Å². The van der Waals surface area contributed by atoms with Gasteiger partial charge in [0.1, 0.15) is 5.52 Å². The second-order valence-corrected chi connectivity index (χ2v) is 4.78. The summed E-state index contributed by atoms with van der Waals surface area (Å²) in [4.78, 5) is 12.2. The van der Waals surface area contributed by atoms with Gasteiger partial charge in [0.25, 0.3) is 5.56 Å². The summed E-state index contributed by atoms with van der Waals surface area (Å²) >= 11 is 0. The first kappa shape index (κ1) is 13.3. The van der Waals surface area contributed by atoms with Crippen LogP contribution in [0.5, 0.6) is 0 Å². The van der Waals surface area contributed by atoms with E-state index in [0.717, 1.165) is 18.7 Å². The van der Waals surface area contributed by atoms with Crippen LogP contribution in [-0.4, -0.2) is 21.5 Å². The fourth-order valence-corrected chi connectivity index (χ4v) is 2.19.